The van der Waals surface area contributed by atoms with Crippen molar-refractivity contribution in [2.75, 3.05) is 25.0 Å². The summed E-state index contributed by atoms with van der Waals surface area (Å²) in [4.78, 5) is 42.0. The van der Waals surface area contributed by atoms with Crippen molar-refractivity contribution < 1.29 is 19.5 Å². The monoisotopic (exact) mass is 384 g/mol. The molecule has 0 radical (unpaired) electrons. The molecule has 8 heteroatoms. The molecular weight excluding hydrogens is 360 g/mol. The Bertz CT molecular complexity index is 868. The van der Waals surface area contributed by atoms with Gasteiger partial charge in [-0.15, -0.1) is 0 Å². The number of carbonyl (C=O) groups excluding carboxylic acids is 2. The van der Waals surface area contributed by atoms with Gasteiger partial charge < -0.3 is 10.0 Å². The molecule has 4 amide bonds. The molecule has 8 nitrogen and oxygen atoms in total. The maximum atomic E-state index is 13.4. The Morgan fingerprint density at radius 1 is 1.25 bits per heavy atom. The van der Waals surface area contributed by atoms with Crippen molar-refractivity contribution >= 4 is 23.7 Å². The van der Waals surface area contributed by atoms with E-state index in [4.69, 9.17) is 5.26 Å². The summed E-state index contributed by atoms with van der Waals surface area (Å²) in [6, 6.07) is 8.14. The topological polar surface area (TPSA) is 105 Å². The average Bonchev–Trinajstić information content (AvgIpc) is 2.83. The third-order valence-electron chi connectivity index (χ3n) is 5.87. The largest absolute Gasteiger partial charge is 0.465 e. The second-order valence-electron chi connectivity index (χ2n) is 8.46. The van der Waals surface area contributed by atoms with E-state index in [2.05, 4.69) is 0 Å². The first-order valence-corrected chi connectivity index (χ1v) is 9.14. The van der Waals surface area contributed by atoms with Gasteiger partial charge in [0.2, 0.25) is 0 Å². The standard InChI is InChI=1S/C20H24N4O4/c1-19(2,3)15-12-23(18(27)28)10-9-20(15)16(25)22(4)17(26)24(20)14-7-5-13(11-21)6-8-14/h5-8,15H,9-10,12H2,1-4H3,(H,27,28). The molecule has 2 saturated heterocycles. The fraction of sp³-hybridized carbons (Fsp3) is 0.500. The van der Waals surface area contributed by atoms with Gasteiger partial charge in [-0.05, 0) is 36.1 Å². The van der Waals surface area contributed by atoms with Crippen LogP contribution in [0.25, 0.3) is 0 Å². The van der Waals surface area contributed by atoms with E-state index < -0.39 is 29.0 Å². The number of piperidine rings is 1. The second kappa shape index (κ2) is 6.51. The lowest BCUT2D eigenvalue weighted by Crippen LogP contribution is -2.66. The van der Waals surface area contributed by atoms with Crippen molar-refractivity contribution in [3.05, 3.63) is 29.8 Å². The molecule has 0 aromatic heterocycles. The van der Waals surface area contributed by atoms with Gasteiger partial charge in [-0.1, -0.05) is 20.8 Å². The molecular formula is C20H24N4O4. The first kappa shape index (κ1) is 19.7. The Morgan fingerprint density at radius 2 is 1.86 bits per heavy atom. The quantitative estimate of drug-likeness (QED) is 0.750. The van der Waals surface area contributed by atoms with Crippen molar-refractivity contribution in [1.82, 2.24) is 9.80 Å². The third-order valence-corrected chi connectivity index (χ3v) is 5.87. The van der Waals surface area contributed by atoms with E-state index in [0.717, 1.165) is 4.90 Å². The van der Waals surface area contributed by atoms with Crippen molar-refractivity contribution in [1.29, 1.82) is 5.26 Å². The molecule has 2 heterocycles. The van der Waals surface area contributed by atoms with Crippen molar-refractivity contribution in [2.45, 2.75) is 32.7 Å². The molecule has 2 atom stereocenters. The van der Waals surface area contributed by atoms with E-state index in [1.807, 2.05) is 26.8 Å². The number of hydrogen-bond donors (Lipinski definition) is 1. The lowest BCUT2D eigenvalue weighted by molar-refractivity contribution is -0.136. The number of carboxylic acid groups (broad SMARTS) is 1. The highest BCUT2D eigenvalue weighted by atomic mass is 16.4. The molecule has 1 aromatic rings. The maximum Gasteiger partial charge on any atom is 0.407 e. The Kier molecular flexibility index (Phi) is 4.58. The molecule has 3 rings (SSSR count). The van der Waals surface area contributed by atoms with Gasteiger partial charge in [0.15, 0.2) is 0 Å². The van der Waals surface area contributed by atoms with Gasteiger partial charge >= 0.3 is 12.1 Å². The molecule has 1 spiro atoms. The minimum Gasteiger partial charge on any atom is -0.465 e. The third kappa shape index (κ3) is 2.78. The van der Waals surface area contributed by atoms with Gasteiger partial charge in [-0.25, -0.2) is 9.59 Å². The van der Waals surface area contributed by atoms with Crippen LogP contribution in [0.4, 0.5) is 15.3 Å². The number of anilines is 1. The molecule has 0 saturated carbocycles. The van der Waals surface area contributed by atoms with E-state index in [0.29, 0.717) is 11.3 Å². The number of nitrogens with zero attached hydrogens (tertiary/aromatic N) is 4. The van der Waals surface area contributed by atoms with Crippen molar-refractivity contribution in [3.8, 4) is 6.07 Å². The van der Waals surface area contributed by atoms with E-state index >= 15 is 0 Å². The van der Waals surface area contributed by atoms with Crippen LogP contribution in [-0.2, 0) is 4.79 Å². The first-order chi connectivity index (χ1) is 13.0. The lowest BCUT2D eigenvalue weighted by Gasteiger charge is -2.52. The molecule has 2 aliphatic heterocycles. The van der Waals surface area contributed by atoms with Gasteiger partial charge in [0, 0.05) is 31.7 Å². The zero-order chi connectivity index (χ0) is 20.9. The summed E-state index contributed by atoms with van der Waals surface area (Å²) in [7, 11) is 1.46. The number of likely N-dealkylation sites (tertiary alicyclic amines) is 1. The number of imide groups is 1. The minimum atomic E-state index is -1.16. The highest BCUT2D eigenvalue weighted by Crippen LogP contribution is 2.49. The van der Waals surface area contributed by atoms with E-state index in [-0.39, 0.29) is 25.4 Å². The SMILES string of the molecule is CN1C(=O)N(c2ccc(C#N)cc2)C2(CCN(C(=O)O)CC2C(C)(C)C)C1=O. The predicted octanol–water partition coefficient (Wildman–Crippen LogP) is 2.74. The van der Waals surface area contributed by atoms with Crippen LogP contribution in [0.2, 0.25) is 0 Å². The Balaban J connectivity index is 2.17. The Labute approximate surface area is 163 Å². The summed E-state index contributed by atoms with van der Waals surface area (Å²) in [5.74, 6) is -0.714. The number of carbonyl (C=O) groups is 3. The van der Waals surface area contributed by atoms with Crippen LogP contribution in [0, 0.1) is 22.7 Å². The summed E-state index contributed by atoms with van der Waals surface area (Å²) in [6.45, 7) is 6.20. The van der Waals surface area contributed by atoms with E-state index in [9.17, 15) is 19.5 Å². The molecule has 2 fully saturated rings. The highest BCUT2D eigenvalue weighted by Gasteiger charge is 2.64. The number of likely N-dealkylation sites (N-methyl/N-ethyl adjacent to an activating group) is 1. The lowest BCUT2D eigenvalue weighted by atomic mass is 9.64. The zero-order valence-corrected chi connectivity index (χ0v) is 16.5. The summed E-state index contributed by atoms with van der Waals surface area (Å²) in [5, 5.41) is 18.5. The van der Waals surface area contributed by atoms with Crippen LogP contribution in [0.15, 0.2) is 24.3 Å². The van der Waals surface area contributed by atoms with Crippen LogP contribution < -0.4 is 4.90 Å². The number of urea groups is 1. The van der Waals surface area contributed by atoms with Crippen LogP contribution >= 0.6 is 0 Å². The first-order valence-electron chi connectivity index (χ1n) is 9.14. The summed E-state index contributed by atoms with van der Waals surface area (Å²) in [5.41, 5.74) is -0.610. The number of hydrogen-bond acceptors (Lipinski definition) is 4. The van der Waals surface area contributed by atoms with E-state index in [1.54, 1.807) is 24.3 Å². The summed E-state index contributed by atoms with van der Waals surface area (Å²) < 4.78 is 0. The smallest absolute Gasteiger partial charge is 0.407 e. The van der Waals surface area contributed by atoms with Gasteiger partial charge in [-0.2, -0.15) is 5.26 Å². The zero-order valence-electron chi connectivity index (χ0n) is 16.5. The number of nitriles is 1. The Hall–Kier alpha value is -3.08. The van der Waals surface area contributed by atoms with E-state index in [1.165, 1.54) is 16.8 Å². The van der Waals surface area contributed by atoms with Crippen molar-refractivity contribution in [3.63, 3.8) is 0 Å². The van der Waals surface area contributed by atoms with Crippen LogP contribution in [0.5, 0.6) is 0 Å². The van der Waals surface area contributed by atoms with Gasteiger partial charge in [0.1, 0.15) is 5.54 Å². The molecule has 28 heavy (non-hydrogen) atoms. The predicted molar refractivity (Wildman–Crippen MR) is 102 cm³/mol. The summed E-state index contributed by atoms with van der Waals surface area (Å²) in [6.07, 6.45) is -0.810. The normalized spacial score (nSPS) is 25.4. The fourth-order valence-corrected chi connectivity index (χ4v) is 4.45. The molecule has 0 bridgehead atoms. The molecule has 1 N–H and O–H groups in total. The second-order valence-corrected chi connectivity index (χ2v) is 8.46. The number of amides is 4. The minimum absolute atomic E-state index is 0.165. The molecule has 1 aromatic carbocycles. The van der Waals surface area contributed by atoms with Crippen molar-refractivity contribution in [2.24, 2.45) is 11.3 Å². The average molecular weight is 384 g/mol. The van der Waals surface area contributed by atoms with Crippen LogP contribution in [-0.4, -0.2) is 58.6 Å². The molecule has 2 aliphatic rings. The number of benzene rings is 1. The molecule has 2 unspecified atom stereocenters. The van der Waals surface area contributed by atoms with Gasteiger partial charge in [-0.3, -0.25) is 14.6 Å². The van der Waals surface area contributed by atoms with Crippen LogP contribution in [0.3, 0.4) is 0 Å². The number of rotatable bonds is 1. The molecule has 0 aliphatic carbocycles. The molecule has 148 valence electrons. The van der Waals surface area contributed by atoms with Gasteiger partial charge in [0.25, 0.3) is 5.91 Å². The maximum absolute atomic E-state index is 13.4. The van der Waals surface area contributed by atoms with Gasteiger partial charge in [0.05, 0.1) is 11.6 Å². The van der Waals surface area contributed by atoms with Crippen LogP contribution in [0.1, 0.15) is 32.8 Å². The highest BCUT2D eigenvalue weighted by molar-refractivity contribution is 6.17. The fourth-order valence-electron chi connectivity index (χ4n) is 4.45. The summed E-state index contributed by atoms with van der Waals surface area (Å²) >= 11 is 0. The Morgan fingerprint density at radius 3 is 2.36 bits per heavy atom.